The Kier molecular flexibility index (Phi) is 3.51. The number of amides is 1. The van der Waals surface area contributed by atoms with E-state index in [-0.39, 0.29) is 17.2 Å². The van der Waals surface area contributed by atoms with Gasteiger partial charge in [0.2, 0.25) is 0 Å². The topological polar surface area (TPSA) is 97.1 Å². The Hall–Kier alpha value is -2.70. The van der Waals surface area contributed by atoms with Crippen LogP contribution in [0, 0.1) is 13.8 Å². The van der Waals surface area contributed by atoms with Crippen molar-refractivity contribution in [1.29, 1.82) is 0 Å². The number of aryl methyl sites for hydroxylation is 1. The molecule has 0 unspecified atom stereocenters. The van der Waals surface area contributed by atoms with E-state index in [1.165, 1.54) is 17.9 Å². The number of nitrogens with zero attached hydrogens (tertiary/aromatic N) is 3. The van der Waals surface area contributed by atoms with E-state index in [9.17, 15) is 9.59 Å². The predicted octanol–water partition coefficient (Wildman–Crippen LogP) is 0.942. The highest BCUT2D eigenvalue weighted by Gasteiger charge is 2.19. The van der Waals surface area contributed by atoms with Crippen LogP contribution in [0.15, 0.2) is 18.3 Å². The minimum absolute atomic E-state index is 0.170. The second kappa shape index (κ2) is 5.12. The molecular formula is C13H14N4O3. The number of aromatic carboxylic acids is 1. The lowest BCUT2D eigenvalue weighted by atomic mass is 10.2. The quantitative estimate of drug-likeness (QED) is 0.868. The summed E-state index contributed by atoms with van der Waals surface area (Å²) in [5, 5.41) is 15.8. The lowest BCUT2D eigenvalue weighted by molar-refractivity contribution is 0.0695. The van der Waals surface area contributed by atoms with E-state index in [0.29, 0.717) is 17.1 Å². The molecule has 2 aromatic rings. The average Bonchev–Trinajstić information content (AvgIpc) is 2.73. The second-order valence-electron chi connectivity index (χ2n) is 4.24. The third kappa shape index (κ3) is 2.25. The SMILES string of the molecule is CNC(=O)c1cc(-n2nc(C)c(C(=O)O)c2C)ccn1. The Balaban J connectivity index is 2.55. The molecule has 20 heavy (non-hydrogen) atoms. The van der Waals surface area contributed by atoms with Crippen LogP contribution in [0.4, 0.5) is 0 Å². The van der Waals surface area contributed by atoms with E-state index in [2.05, 4.69) is 15.4 Å². The van der Waals surface area contributed by atoms with Crippen LogP contribution in [0.25, 0.3) is 5.69 Å². The van der Waals surface area contributed by atoms with E-state index in [4.69, 9.17) is 5.11 Å². The summed E-state index contributed by atoms with van der Waals surface area (Å²) in [6, 6.07) is 3.22. The van der Waals surface area contributed by atoms with Crippen molar-refractivity contribution in [3.8, 4) is 5.69 Å². The van der Waals surface area contributed by atoms with Crippen LogP contribution in [0.3, 0.4) is 0 Å². The number of carbonyl (C=O) groups is 2. The zero-order chi connectivity index (χ0) is 14.9. The lowest BCUT2D eigenvalue weighted by Gasteiger charge is -2.06. The summed E-state index contributed by atoms with van der Waals surface area (Å²) in [5.74, 6) is -1.33. The Morgan fingerprint density at radius 1 is 1.35 bits per heavy atom. The molecule has 7 nitrogen and oxygen atoms in total. The molecule has 0 aromatic carbocycles. The fourth-order valence-electron chi connectivity index (χ4n) is 2.01. The molecule has 0 aliphatic rings. The van der Waals surface area contributed by atoms with Crippen molar-refractivity contribution < 1.29 is 14.7 Å². The van der Waals surface area contributed by atoms with Crippen molar-refractivity contribution in [2.24, 2.45) is 0 Å². The van der Waals surface area contributed by atoms with Crippen LogP contribution in [0.1, 0.15) is 32.2 Å². The van der Waals surface area contributed by atoms with Gasteiger partial charge < -0.3 is 10.4 Å². The molecule has 0 aliphatic heterocycles. The first-order valence-electron chi connectivity index (χ1n) is 5.93. The van der Waals surface area contributed by atoms with E-state index < -0.39 is 5.97 Å². The van der Waals surface area contributed by atoms with Gasteiger partial charge in [-0.15, -0.1) is 0 Å². The molecule has 0 spiro atoms. The van der Waals surface area contributed by atoms with E-state index in [1.807, 2.05) is 0 Å². The molecule has 0 aliphatic carbocycles. The number of rotatable bonds is 3. The predicted molar refractivity (Wildman–Crippen MR) is 71.2 cm³/mol. The van der Waals surface area contributed by atoms with Crippen LogP contribution in [0.2, 0.25) is 0 Å². The van der Waals surface area contributed by atoms with Crippen molar-refractivity contribution in [2.75, 3.05) is 7.05 Å². The molecule has 2 rings (SSSR count). The van der Waals surface area contributed by atoms with Crippen molar-refractivity contribution >= 4 is 11.9 Å². The van der Waals surface area contributed by atoms with Crippen LogP contribution in [-0.4, -0.2) is 38.8 Å². The Labute approximate surface area is 115 Å². The van der Waals surface area contributed by atoms with Crippen molar-refractivity contribution in [3.05, 3.63) is 41.0 Å². The summed E-state index contributed by atoms with van der Waals surface area (Å²) < 4.78 is 1.49. The van der Waals surface area contributed by atoms with Gasteiger partial charge >= 0.3 is 5.97 Å². The van der Waals surface area contributed by atoms with Gasteiger partial charge in [-0.05, 0) is 26.0 Å². The molecular weight excluding hydrogens is 260 g/mol. The minimum atomic E-state index is -1.02. The molecule has 2 aromatic heterocycles. The standard InChI is InChI=1S/C13H14N4O3/c1-7-11(13(19)20)8(2)17(16-7)9-4-5-15-10(6-9)12(18)14-3/h4-6H,1-3H3,(H,14,18)(H,19,20). The first kappa shape index (κ1) is 13.7. The summed E-state index contributed by atoms with van der Waals surface area (Å²) in [4.78, 5) is 26.7. The molecule has 0 fully saturated rings. The second-order valence-corrected chi connectivity index (χ2v) is 4.24. The molecule has 0 radical (unpaired) electrons. The molecule has 1 amide bonds. The Morgan fingerprint density at radius 2 is 2.05 bits per heavy atom. The minimum Gasteiger partial charge on any atom is -0.478 e. The van der Waals surface area contributed by atoms with Gasteiger partial charge in [-0.3, -0.25) is 9.78 Å². The van der Waals surface area contributed by atoms with Gasteiger partial charge in [0, 0.05) is 13.2 Å². The van der Waals surface area contributed by atoms with Gasteiger partial charge in [-0.2, -0.15) is 5.10 Å². The molecule has 0 atom stereocenters. The molecule has 0 saturated heterocycles. The molecule has 104 valence electrons. The monoisotopic (exact) mass is 274 g/mol. The summed E-state index contributed by atoms with van der Waals surface area (Å²) >= 11 is 0. The van der Waals surface area contributed by atoms with Gasteiger partial charge in [-0.25, -0.2) is 9.48 Å². The number of hydrogen-bond acceptors (Lipinski definition) is 4. The third-order valence-electron chi connectivity index (χ3n) is 2.95. The smallest absolute Gasteiger partial charge is 0.339 e. The van der Waals surface area contributed by atoms with Crippen LogP contribution in [0.5, 0.6) is 0 Å². The maximum absolute atomic E-state index is 11.6. The Morgan fingerprint density at radius 3 is 2.60 bits per heavy atom. The number of carbonyl (C=O) groups excluding carboxylic acids is 1. The first-order valence-corrected chi connectivity index (χ1v) is 5.93. The van der Waals surface area contributed by atoms with Crippen LogP contribution in [-0.2, 0) is 0 Å². The summed E-state index contributed by atoms with van der Waals surface area (Å²) in [6.45, 7) is 3.30. The number of aromatic nitrogens is 3. The largest absolute Gasteiger partial charge is 0.478 e. The van der Waals surface area contributed by atoms with Crippen molar-refractivity contribution in [3.63, 3.8) is 0 Å². The van der Waals surface area contributed by atoms with Gasteiger partial charge in [0.05, 0.1) is 17.1 Å². The summed E-state index contributed by atoms with van der Waals surface area (Å²) in [6.07, 6.45) is 1.48. The van der Waals surface area contributed by atoms with Gasteiger partial charge in [0.1, 0.15) is 11.3 Å². The van der Waals surface area contributed by atoms with Gasteiger partial charge in [0.15, 0.2) is 0 Å². The lowest BCUT2D eigenvalue weighted by Crippen LogP contribution is -2.19. The number of carboxylic acids is 1. The zero-order valence-electron chi connectivity index (χ0n) is 11.3. The summed E-state index contributed by atoms with van der Waals surface area (Å²) in [7, 11) is 1.52. The summed E-state index contributed by atoms with van der Waals surface area (Å²) in [5.41, 5.74) is 1.93. The third-order valence-corrected chi connectivity index (χ3v) is 2.95. The van der Waals surface area contributed by atoms with E-state index in [1.54, 1.807) is 26.0 Å². The van der Waals surface area contributed by atoms with Crippen molar-refractivity contribution in [2.45, 2.75) is 13.8 Å². The zero-order valence-corrected chi connectivity index (χ0v) is 11.3. The average molecular weight is 274 g/mol. The van der Waals surface area contributed by atoms with E-state index in [0.717, 1.165) is 0 Å². The molecule has 0 saturated carbocycles. The fraction of sp³-hybridized carbons (Fsp3) is 0.231. The fourth-order valence-corrected chi connectivity index (χ4v) is 2.01. The normalized spacial score (nSPS) is 10.3. The maximum Gasteiger partial charge on any atom is 0.339 e. The number of pyridine rings is 1. The number of carboxylic acid groups (broad SMARTS) is 1. The Bertz CT molecular complexity index is 691. The van der Waals surface area contributed by atoms with E-state index >= 15 is 0 Å². The first-order chi connectivity index (χ1) is 9.45. The molecule has 2 N–H and O–H groups in total. The highest BCUT2D eigenvalue weighted by Crippen LogP contribution is 2.18. The highest BCUT2D eigenvalue weighted by molar-refractivity contribution is 5.92. The van der Waals surface area contributed by atoms with Crippen LogP contribution >= 0.6 is 0 Å². The van der Waals surface area contributed by atoms with Crippen molar-refractivity contribution in [1.82, 2.24) is 20.1 Å². The maximum atomic E-state index is 11.6. The highest BCUT2D eigenvalue weighted by atomic mass is 16.4. The van der Waals surface area contributed by atoms with Crippen LogP contribution < -0.4 is 5.32 Å². The van der Waals surface area contributed by atoms with Gasteiger partial charge in [0.25, 0.3) is 5.91 Å². The molecule has 7 heteroatoms. The number of hydrogen-bond donors (Lipinski definition) is 2. The van der Waals surface area contributed by atoms with Gasteiger partial charge in [-0.1, -0.05) is 0 Å². The molecule has 2 heterocycles. The number of nitrogens with one attached hydrogen (secondary N) is 1. The molecule has 0 bridgehead atoms.